The molecular formula is C17H17NO2. The summed E-state index contributed by atoms with van der Waals surface area (Å²) in [7, 11) is 0. The zero-order valence-electron chi connectivity index (χ0n) is 11.5. The molecule has 0 heterocycles. The maximum atomic E-state index is 8.80. The molecule has 0 N–H and O–H groups in total. The van der Waals surface area contributed by atoms with Crippen LogP contribution in [-0.2, 0) is 6.42 Å². The molecule has 0 aliphatic heterocycles. The predicted octanol–water partition coefficient (Wildman–Crippen LogP) is 3.58. The minimum Gasteiger partial charge on any atom is -0.490 e. The molecule has 20 heavy (non-hydrogen) atoms. The molecule has 102 valence electrons. The number of nitriles is 1. The first-order chi connectivity index (χ1) is 9.81. The molecule has 0 saturated heterocycles. The van der Waals surface area contributed by atoms with Gasteiger partial charge in [0, 0.05) is 0 Å². The van der Waals surface area contributed by atoms with Crippen LogP contribution in [0.1, 0.15) is 18.1 Å². The summed E-state index contributed by atoms with van der Waals surface area (Å²) in [5, 5.41) is 8.80. The topological polar surface area (TPSA) is 42.2 Å². The second-order valence-electron chi connectivity index (χ2n) is 4.34. The molecule has 0 bridgehead atoms. The fourth-order valence-electron chi connectivity index (χ4n) is 1.83. The maximum absolute atomic E-state index is 8.80. The van der Waals surface area contributed by atoms with Gasteiger partial charge in [0.15, 0.2) is 0 Å². The zero-order valence-corrected chi connectivity index (χ0v) is 11.5. The van der Waals surface area contributed by atoms with Crippen LogP contribution in [0.4, 0.5) is 0 Å². The Morgan fingerprint density at radius 3 is 2.25 bits per heavy atom. The van der Waals surface area contributed by atoms with Gasteiger partial charge in [-0.3, -0.25) is 0 Å². The van der Waals surface area contributed by atoms with Crippen molar-refractivity contribution in [2.45, 2.75) is 13.3 Å². The first-order valence-electron chi connectivity index (χ1n) is 6.66. The lowest BCUT2D eigenvalue weighted by molar-refractivity contribution is 0.217. The van der Waals surface area contributed by atoms with Crippen molar-refractivity contribution < 1.29 is 9.47 Å². The van der Waals surface area contributed by atoms with Crippen molar-refractivity contribution in [3.05, 3.63) is 59.7 Å². The first-order valence-corrected chi connectivity index (χ1v) is 6.66. The summed E-state index contributed by atoms with van der Waals surface area (Å²) in [6, 6.07) is 17.2. The van der Waals surface area contributed by atoms with Crippen LogP contribution in [0.15, 0.2) is 48.5 Å². The Kier molecular flexibility index (Phi) is 5.02. The Balaban J connectivity index is 1.80. The lowest BCUT2D eigenvalue weighted by Crippen LogP contribution is -2.09. The highest BCUT2D eigenvalue weighted by atomic mass is 16.5. The van der Waals surface area contributed by atoms with Crippen molar-refractivity contribution in [1.82, 2.24) is 0 Å². The van der Waals surface area contributed by atoms with Gasteiger partial charge in [-0.1, -0.05) is 25.1 Å². The van der Waals surface area contributed by atoms with Crippen LogP contribution >= 0.6 is 0 Å². The van der Waals surface area contributed by atoms with Crippen LogP contribution in [0.5, 0.6) is 11.5 Å². The lowest BCUT2D eigenvalue weighted by Gasteiger charge is -2.09. The zero-order chi connectivity index (χ0) is 14.2. The molecule has 0 atom stereocenters. The molecule has 3 nitrogen and oxygen atoms in total. The monoisotopic (exact) mass is 267 g/mol. The van der Waals surface area contributed by atoms with E-state index in [1.54, 1.807) is 18.2 Å². The highest BCUT2D eigenvalue weighted by Crippen LogP contribution is 2.15. The van der Waals surface area contributed by atoms with E-state index < -0.39 is 0 Å². The fourth-order valence-corrected chi connectivity index (χ4v) is 1.83. The minimum atomic E-state index is 0.450. The van der Waals surface area contributed by atoms with Gasteiger partial charge in [-0.15, -0.1) is 0 Å². The summed E-state index contributed by atoms with van der Waals surface area (Å²) >= 11 is 0. The van der Waals surface area contributed by atoms with Crippen LogP contribution in [0.2, 0.25) is 0 Å². The third kappa shape index (κ3) is 4.03. The average Bonchev–Trinajstić information content (AvgIpc) is 2.52. The van der Waals surface area contributed by atoms with Gasteiger partial charge in [0.1, 0.15) is 24.7 Å². The van der Waals surface area contributed by atoms with Crippen molar-refractivity contribution in [3.8, 4) is 17.6 Å². The summed E-state index contributed by atoms with van der Waals surface area (Å²) in [6.45, 7) is 3.04. The van der Waals surface area contributed by atoms with Crippen molar-refractivity contribution in [3.63, 3.8) is 0 Å². The normalized spacial score (nSPS) is 9.80. The van der Waals surface area contributed by atoms with Crippen LogP contribution < -0.4 is 9.47 Å². The highest BCUT2D eigenvalue weighted by Gasteiger charge is 1.98. The van der Waals surface area contributed by atoms with Crippen molar-refractivity contribution >= 4 is 0 Å². The summed E-state index contributed by atoms with van der Waals surface area (Å²) in [5.74, 6) is 1.55. The average molecular weight is 267 g/mol. The molecule has 0 aliphatic rings. The first kappa shape index (κ1) is 14.0. The van der Waals surface area contributed by atoms with Crippen molar-refractivity contribution in [2.75, 3.05) is 13.2 Å². The Hall–Kier alpha value is -2.47. The molecule has 0 unspecified atom stereocenters. The standard InChI is InChI=1S/C17H17NO2/c1-2-14-5-3-7-16(11-14)19-9-10-20-17-8-4-6-15(12-17)13-18/h3-8,11-12H,2,9-10H2,1H3. The minimum absolute atomic E-state index is 0.450. The Labute approximate surface area is 119 Å². The molecule has 0 amide bonds. The lowest BCUT2D eigenvalue weighted by atomic mass is 10.2. The summed E-state index contributed by atoms with van der Waals surface area (Å²) in [5.41, 5.74) is 1.85. The maximum Gasteiger partial charge on any atom is 0.122 e. The van der Waals surface area contributed by atoms with Gasteiger partial charge >= 0.3 is 0 Å². The number of benzene rings is 2. The van der Waals surface area contributed by atoms with Gasteiger partial charge in [-0.2, -0.15) is 5.26 Å². The van der Waals surface area contributed by atoms with Gasteiger partial charge in [0.2, 0.25) is 0 Å². The molecular weight excluding hydrogens is 250 g/mol. The Bertz CT molecular complexity index is 602. The molecule has 2 aromatic carbocycles. The van der Waals surface area contributed by atoms with Crippen molar-refractivity contribution in [2.24, 2.45) is 0 Å². The number of aryl methyl sites for hydroxylation is 1. The number of ether oxygens (including phenoxy) is 2. The van der Waals surface area contributed by atoms with Crippen LogP contribution in [0.25, 0.3) is 0 Å². The second kappa shape index (κ2) is 7.20. The van der Waals surface area contributed by atoms with Crippen LogP contribution in [-0.4, -0.2) is 13.2 Å². The second-order valence-corrected chi connectivity index (χ2v) is 4.34. The molecule has 3 heteroatoms. The summed E-state index contributed by atoms with van der Waals surface area (Å²) in [4.78, 5) is 0. The predicted molar refractivity (Wildman–Crippen MR) is 78.0 cm³/mol. The third-order valence-corrected chi connectivity index (χ3v) is 2.89. The van der Waals surface area contributed by atoms with E-state index in [9.17, 15) is 0 Å². The quantitative estimate of drug-likeness (QED) is 0.751. The number of rotatable bonds is 6. The third-order valence-electron chi connectivity index (χ3n) is 2.89. The Morgan fingerprint density at radius 1 is 0.950 bits per heavy atom. The summed E-state index contributed by atoms with van der Waals surface area (Å²) < 4.78 is 11.2. The van der Waals surface area contributed by atoms with E-state index in [2.05, 4.69) is 19.1 Å². The molecule has 0 aromatic heterocycles. The van der Waals surface area contributed by atoms with E-state index in [-0.39, 0.29) is 0 Å². The molecule has 0 radical (unpaired) electrons. The molecule has 0 spiro atoms. The van der Waals surface area contributed by atoms with Crippen molar-refractivity contribution in [1.29, 1.82) is 5.26 Å². The van der Waals surface area contributed by atoms with Gasteiger partial charge in [0.05, 0.1) is 11.6 Å². The smallest absolute Gasteiger partial charge is 0.122 e. The van der Waals surface area contributed by atoms with E-state index in [0.29, 0.717) is 24.5 Å². The van der Waals surface area contributed by atoms with Crippen LogP contribution in [0.3, 0.4) is 0 Å². The molecule has 0 saturated carbocycles. The van der Waals surface area contributed by atoms with Gasteiger partial charge in [0.25, 0.3) is 0 Å². The summed E-state index contributed by atoms with van der Waals surface area (Å²) in [6.07, 6.45) is 0.995. The number of hydrogen-bond donors (Lipinski definition) is 0. The Morgan fingerprint density at radius 2 is 1.60 bits per heavy atom. The largest absolute Gasteiger partial charge is 0.490 e. The number of hydrogen-bond acceptors (Lipinski definition) is 3. The molecule has 0 fully saturated rings. The van der Waals surface area contributed by atoms with E-state index in [4.69, 9.17) is 14.7 Å². The van der Waals surface area contributed by atoms with E-state index in [0.717, 1.165) is 12.2 Å². The molecule has 2 rings (SSSR count). The van der Waals surface area contributed by atoms with E-state index in [1.165, 1.54) is 5.56 Å². The molecule has 2 aromatic rings. The van der Waals surface area contributed by atoms with Gasteiger partial charge in [-0.05, 0) is 42.3 Å². The van der Waals surface area contributed by atoms with E-state index in [1.807, 2.05) is 24.3 Å². The number of nitrogens with zero attached hydrogens (tertiary/aromatic N) is 1. The fraction of sp³-hybridized carbons (Fsp3) is 0.235. The van der Waals surface area contributed by atoms with Gasteiger partial charge in [-0.25, -0.2) is 0 Å². The van der Waals surface area contributed by atoms with Crippen LogP contribution in [0, 0.1) is 11.3 Å². The SMILES string of the molecule is CCc1cccc(OCCOc2cccc(C#N)c2)c1. The highest BCUT2D eigenvalue weighted by molar-refractivity contribution is 5.36. The van der Waals surface area contributed by atoms with Gasteiger partial charge < -0.3 is 9.47 Å². The molecule has 0 aliphatic carbocycles. The van der Waals surface area contributed by atoms with E-state index >= 15 is 0 Å².